The van der Waals surface area contributed by atoms with E-state index in [2.05, 4.69) is 24.4 Å². The number of hydrogen-bond donors (Lipinski definition) is 1. The molecule has 0 spiro atoms. The summed E-state index contributed by atoms with van der Waals surface area (Å²) in [5, 5.41) is 3.09. The number of fused-ring (bicyclic) bond motifs is 1. The summed E-state index contributed by atoms with van der Waals surface area (Å²) in [5.41, 5.74) is 5.24. The van der Waals surface area contributed by atoms with Crippen LogP contribution >= 0.6 is 0 Å². The summed E-state index contributed by atoms with van der Waals surface area (Å²) in [7, 11) is 1.69. The van der Waals surface area contributed by atoms with Crippen molar-refractivity contribution in [1.82, 2.24) is 4.90 Å². The molecule has 2 amide bonds. The molecule has 2 fully saturated rings. The molecule has 0 unspecified atom stereocenters. The Morgan fingerprint density at radius 1 is 1.06 bits per heavy atom. The molecular weight excluding hydrogens is 388 g/mol. The second-order valence-electron chi connectivity index (χ2n) is 9.26. The number of anilines is 1. The van der Waals surface area contributed by atoms with Gasteiger partial charge in [-0.15, -0.1) is 0 Å². The maximum Gasteiger partial charge on any atom is 0.254 e. The molecule has 3 aliphatic rings. The van der Waals surface area contributed by atoms with Gasteiger partial charge in [-0.25, -0.2) is 0 Å². The highest BCUT2D eigenvalue weighted by atomic mass is 16.5. The molecule has 5 nitrogen and oxygen atoms in total. The molecule has 0 atom stereocenters. The first-order valence-electron chi connectivity index (χ1n) is 11.4. The zero-order valence-corrected chi connectivity index (χ0v) is 18.3. The van der Waals surface area contributed by atoms with Gasteiger partial charge in [0.1, 0.15) is 5.75 Å². The molecule has 0 aromatic heterocycles. The van der Waals surface area contributed by atoms with Gasteiger partial charge in [-0.2, -0.15) is 0 Å². The van der Waals surface area contributed by atoms with Crippen molar-refractivity contribution >= 4 is 17.5 Å². The summed E-state index contributed by atoms with van der Waals surface area (Å²) in [6.07, 6.45) is 5.81. The van der Waals surface area contributed by atoms with Crippen LogP contribution in [0.15, 0.2) is 36.4 Å². The van der Waals surface area contributed by atoms with Gasteiger partial charge in [0.25, 0.3) is 5.91 Å². The number of amides is 2. The number of hydrogen-bond acceptors (Lipinski definition) is 3. The van der Waals surface area contributed by atoms with Gasteiger partial charge in [0.05, 0.1) is 7.11 Å². The number of ether oxygens (including phenoxy) is 1. The third-order valence-corrected chi connectivity index (χ3v) is 7.26. The smallest absolute Gasteiger partial charge is 0.254 e. The van der Waals surface area contributed by atoms with E-state index in [4.69, 9.17) is 4.74 Å². The largest absolute Gasteiger partial charge is 0.496 e. The molecular formula is C26H30N2O3. The molecule has 2 aliphatic carbocycles. The predicted molar refractivity (Wildman–Crippen MR) is 120 cm³/mol. The summed E-state index contributed by atoms with van der Waals surface area (Å²) >= 11 is 0. The molecule has 2 aromatic rings. The number of carbonyl (C=O) groups is 2. The van der Waals surface area contributed by atoms with Crippen LogP contribution in [-0.4, -0.2) is 29.9 Å². The van der Waals surface area contributed by atoms with Crippen LogP contribution in [0.2, 0.25) is 0 Å². The molecule has 5 heteroatoms. The van der Waals surface area contributed by atoms with Crippen LogP contribution < -0.4 is 10.1 Å². The Kier molecular flexibility index (Phi) is 5.20. The average Bonchev–Trinajstić information content (AvgIpc) is 3.57. The molecule has 1 N–H and O–H groups in total. The van der Waals surface area contributed by atoms with Gasteiger partial charge in [0.15, 0.2) is 0 Å². The van der Waals surface area contributed by atoms with Gasteiger partial charge in [-0.1, -0.05) is 18.2 Å². The quantitative estimate of drug-likeness (QED) is 0.741. The van der Waals surface area contributed by atoms with Crippen LogP contribution in [0.3, 0.4) is 0 Å². The first-order chi connectivity index (χ1) is 15.0. The minimum Gasteiger partial charge on any atom is -0.496 e. The van der Waals surface area contributed by atoms with Crippen molar-refractivity contribution in [3.05, 3.63) is 58.7 Å². The molecule has 0 saturated heterocycles. The first kappa shape index (κ1) is 20.1. The number of carbonyl (C=O) groups excluding carboxylic acids is 2. The molecule has 2 aromatic carbocycles. The second-order valence-corrected chi connectivity index (χ2v) is 9.26. The highest BCUT2D eigenvalue weighted by molar-refractivity contribution is 5.99. The Morgan fingerprint density at radius 2 is 1.84 bits per heavy atom. The van der Waals surface area contributed by atoms with E-state index in [0.717, 1.165) is 48.2 Å². The summed E-state index contributed by atoms with van der Waals surface area (Å²) < 4.78 is 5.54. The Morgan fingerprint density at radius 3 is 2.52 bits per heavy atom. The fourth-order valence-electron chi connectivity index (χ4n) is 5.22. The topological polar surface area (TPSA) is 58.6 Å². The lowest BCUT2D eigenvalue weighted by Crippen LogP contribution is -2.40. The average molecular weight is 419 g/mol. The number of rotatable bonds is 5. The molecule has 2 saturated carbocycles. The molecule has 162 valence electrons. The third-order valence-electron chi connectivity index (χ3n) is 7.26. The van der Waals surface area contributed by atoms with Crippen LogP contribution in [0.5, 0.6) is 5.75 Å². The van der Waals surface area contributed by atoms with Crippen LogP contribution in [-0.2, 0) is 11.3 Å². The van der Waals surface area contributed by atoms with E-state index >= 15 is 0 Å². The lowest BCUT2D eigenvalue weighted by Gasteiger charge is -2.34. The third kappa shape index (κ3) is 3.82. The van der Waals surface area contributed by atoms with E-state index in [1.165, 1.54) is 24.0 Å². The summed E-state index contributed by atoms with van der Waals surface area (Å²) in [4.78, 5) is 27.8. The standard InChI is InChI=1S/C26H30N2O3/c1-16-4-3-5-22-23(16)15-28(26(22)30)20-11-8-18(9-12-20)25(29)27-19-10-13-21(17-6-7-17)24(14-19)31-2/h3-5,10,13-14,17-18,20H,6-9,11-12,15H2,1-2H3,(H,27,29). The fourth-order valence-corrected chi connectivity index (χ4v) is 5.22. The summed E-state index contributed by atoms with van der Waals surface area (Å²) in [6, 6.07) is 12.2. The molecule has 5 rings (SSSR count). The Labute approximate surface area is 183 Å². The van der Waals surface area contributed by atoms with Gasteiger partial charge in [0.2, 0.25) is 5.91 Å². The van der Waals surface area contributed by atoms with Crippen molar-refractivity contribution in [3.8, 4) is 5.75 Å². The number of nitrogens with zero attached hydrogens (tertiary/aromatic N) is 1. The SMILES string of the molecule is COc1cc(NC(=O)C2CCC(N3Cc4c(C)cccc4C3=O)CC2)ccc1C1CC1. The van der Waals surface area contributed by atoms with Gasteiger partial charge >= 0.3 is 0 Å². The molecule has 0 radical (unpaired) electrons. The van der Waals surface area contributed by atoms with Crippen molar-refractivity contribution < 1.29 is 14.3 Å². The number of benzene rings is 2. The second kappa shape index (κ2) is 8.03. The fraction of sp³-hybridized carbons (Fsp3) is 0.462. The Bertz CT molecular complexity index is 1020. The number of nitrogens with one attached hydrogen (secondary N) is 1. The Hall–Kier alpha value is -2.82. The van der Waals surface area contributed by atoms with Crippen molar-refractivity contribution in [2.24, 2.45) is 5.92 Å². The lowest BCUT2D eigenvalue weighted by molar-refractivity contribution is -0.121. The summed E-state index contributed by atoms with van der Waals surface area (Å²) in [5.74, 6) is 1.69. The highest BCUT2D eigenvalue weighted by Gasteiger charge is 2.36. The van der Waals surface area contributed by atoms with Crippen LogP contribution in [0.4, 0.5) is 5.69 Å². The monoisotopic (exact) mass is 418 g/mol. The van der Waals surface area contributed by atoms with E-state index < -0.39 is 0 Å². The van der Waals surface area contributed by atoms with Crippen molar-refractivity contribution in [3.63, 3.8) is 0 Å². The van der Waals surface area contributed by atoms with Crippen molar-refractivity contribution in [1.29, 1.82) is 0 Å². The van der Waals surface area contributed by atoms with E-state index in [9.17, 15) is 9.59 Å². The minimum atomic E-state index is -0.00725. The van der Waals surface area contributed by atoms with E-state index in [1.54, 1.807) is 7.11 Å². The zero-order chi connectivity index (χ0) is 21.5. The molecule has 0 bridgehead atoms. The summed E-state index contributed by atoms with van der Waals surface area (Å²) in [6.45, 7) is 2.78. The highest BCUT2D eigenvalue weighted by Crippen LogP contribution is 2.45. The van der Waals surface area contributed by atoms with Gasteiger partial charge in [-0.05, 0) is 80.2 Å². The van der Waals surface area contributed by atoms with Crippen LogP contribution in [0.1, 0.15) is 71.5 Å². The zero-order valence-electron chi connectivity index (χ0n) is 18.3. The molecule has 31 heavy (non-hydrogen) atoms. The van der Waals surface area contributed by atoms with Crippen LogP contribution in [0.25, 0.3) is 0 Å². The molecule has 1 heterocycles. The van der Waals surface area contributed by atoms with E-state index in [-0.39, 0.29) is 23.8 Å². The van der Waals surface area contributed by atoms with Crippen molar-refractivity contribution in [2.45, 2.75) is 64.0 Å². The van der Waals surface area contributed by atoms with E-state index in [0.29, 0.717) is 12.5 Å². The first-order valence-corrected chi connectivity index (χ1v) is 11.4. The number of aryl methyl sites for hydroxylation is 1. The van der Waals surface area contributed by atoms with Gasteiger partial charge in [-0.3, -0.25) is 9.59 Å². The van der Waals surface area contributed by atoms with Gasteiger partial charge in [0, 0.05) is 35.8 Å². The maximum absolute atomic E-state index is 12.9. The Balaban J connectivity index is 1.19. The minimum absolute atomic E-state index is 0.00725. The predicted octanol–water partition coefficient (Wildman–Crippen LogP) is 5.03. The van der Waals surface area contributed by atoms with Crippen molar-refractivity contribution in [2.75, 3.05) is 12.4 Å². The van der Waals surface area contributed by atoms with Crippen LogP contribution in [0, 0.1) is 12.8 Å². The molecule has 1 aliphatic heterocycles. The lowest BCUT2D eigenvalue weighted by atomic mass is 9.84. The van der Waals surface area contributed by atoms with Gasteiger partial charge < -0.3 is 15.0 Å². The number of methoxy groups -OCH3 is 1. The maximum atomic E-state index is 12.9. The normalized spacial score (nSPS) is 22.9. The van der Waals surface area contributed by atoms with E-state index in [1.807, 2.05) is 29.2 Å².